The van der Waals surface area contributed by atoms with E-state index in [1.54, 1.807) is 0 Å². The van der Waals surface area contributed by atoms with E-state index in [-0.39, 0.29) is 5.41 Å². The Morgan fingerprint density at radius 3 is 2.94 bits per heavy atom. The fourth-order valence-corrected chi connectivity index (χ4v) is 3.51. The monoisotopic (exact) mass is 298 g/mol. The number of aliphatic imine (C=N–C) groups is 1. The van der Waals surface area contributed by atoms with Gasteiger partial charge in [-0.3, -0.25) is 0 Å². The molecule has 0 saturated carbocycles. The Morgan fingerprint density at radius 1 is 1.11 bits per heavy atom. The highest BCUT2D eigenvalue weighted by Gasteiger charge is 2.42. The fraction of sp³-hybridized carbons (Fsp3) is 0.200. The number of benzene rings is 1. The van der Waals surface area contributed by atoms with Crippen LogP contribution in [0.15, 0.2) is 46.0 Å². The number of aromatic nitrogens is 1. The number of nitrogens with zero attached hydrogens (tertiary/aromatic N) is 2. The van der Waals surface area contributed by atoms with E-state index in [9.17, 15) is 0 Å². The Labute approximate surface area is 114 Å². The van der Waals surface area contributed by atoms with Gasteiger partial charge in [0.1, 0.15) is 0 Å². The molecular formula is C15H11BrN2. The minimum Gasteiger partial charge on any atom is -0.240 e. The fourth-order valence-electron chi connectivity index (χ4n) is 3.10. The van der Waals surface area contributed by atoms with Crippen molar-refractivity contribution >= 4 is 28.0 Å². The summed E-state index contributed by atoms with van der Waals surface area (Å²) in [5, 5.41) is 0. The summed E-state index contributed by atoms with van der Waals surface area (Å²) < 4.78 is 1.15. The Hall–Kier alpha value is -1.48. The minimum absolute atomic E-state index is 0.0483. The van der Waals surface area contributed by atoms with Crippen LogP contribution in [0.25, 0.3) is 0 Å². The maximum absolute atomic E-state index is 4.49. The van der Waals surface area contributed by atoms with Crippen molar-refractivity contribution in [1.29, 1.82) is 0 Å². The van der Waals surface area contributed by atoms with Crippen LogP contribution in [0.4, 0.5) is 5.82 Å². The molecule has 2 aliphatic rings. The normalized spacial score (nSPS) is 23.4. The van der Waals surface area contributed by atoms with Crippen LogP contribution in [-0.2, 0) is 18.3 Å². The average molecular weight is 299 g/mol. The molecule has 0 radical (unpaired) electrons. The van der Waals surface area contributed by atoms with Gasteiger partial charge in [-0.1, -0.05) is 28.1 Å². The van der Waals surface area contributed by atoms with E-state index in [0.29, 0.717) is 0 Å². The maximum atomic E-state index is 4.49. The second kappa shape index (κ2) is 3.51. The second-order valence-electron chi connectivity index (χ2n) is 5.06. The molecule has 18 heavy (non-hydrogen) atoms. The van der Waals surface area contributed by atoms with Crippen LogP contribution >= 0.6 is 15.9 Å². The van der Waals surface area contributed by atoms with E-state index in [4.69, 9.17) is 0 Å². The maximum Gasteiger partial charge on any atom is 0.155 e. The molecule has 0 bridgehead atoms. The molecule has 2 heterocycles. The first-order valence-electron chi connectivity index (χ1n) is 6.05. The van der Waals surface area contributed by atoms with Gasteiger partial charge >= 0.3 is 0 Å². The van der Waals surface area contributed by atoms with Gasteiger partial charge < -0.3 is 0 Å². The molecule has 0 N–H and O–H groups in total. The molecule has 0 unspecified atom stereocenters. The van der Waals surface area contributed by atoms with E-state index in [1.165, 1.54) is 16.7 Å². The molecule has 88 valence electrons. The molecule has 4 rings (SSSR count). The van der Waals surface area contributed by atoms with Crippen LogP contribution in [0.2, 0.25) is 0 Å². The highest BCUT2D eigenvalue weighted by atomic mass is 79.9. The van der Waals surface area contributed by atoms with Gasteiger partial charge in [0.05, 0.1) is 0 Å². The highest BCUT2D eigenvalue weighted by Crippen LogP contribution is 2.45. The predicted molar refractivity (Wildman–Crippen MR) is 75.6 cm³/mol. The van der Waals surface area contributed by atoms with Crippen LogP contribution < -0.4 is 0 Å². The van der Waals surface area contributed by atoms with E-state index in [2.05, 4.69) is 56.4 Å². The zero-order valence-corrected chi connectivity index (χ0v) is 11.3. The van der Waals surface area contributed by atoms with Crippen molar-refractivity contribution in [1.82, 2.24) is 4.98 Å². The summed E-state index contributed by atoms with van der Waals surface area (Å²) in [5.74, 6) is 0.893. The Bertz CT molecular complexity index is 678. The third kappa shape index (κ3) is 1.34. The van der Waals surface area contributed by atoms with Gasteiger partial charge in [0.15, 0.2) is 5.82 Å². The van der Waals surface area contributed by atoms with Crippen molar-refractivity contribution in [3.63, 3.8) is 0 Å². The first-order chi connectivity index (χ1) is 8.77. The molecule has 0 amide bonds. The van der Waals surface area contributed by atoms with Crippen molar-refractivity contribution in [2.24, 2.45) is 4.99 Å². The lowest BCUT2D eigenvalue weighted by Gasteiger charge is -2.20. The van der Waals surface area contributed by atoms with E-state index in [1.807, 2.05) is 12.3 Å². The number of rotatable bonds is 0. The quantitative estimate of drug-likeness (QED) is 0.729. The topological polar surface area (TPSA) is 25.2 Å². The summed E-state index contributed by atoms with van der Waals surface area (Å²) in [6.45, 7) is 0. The number of hydrogen-bond donors (Lipinski definition) is 0. The Kier molecular flexibility index (Phi) is 2.04. The van der Waals surface area contributed by atoms with Gasteiger partial charge in [-0.2, -0.15) is 0 Å². The third-order valence-electron chi connectivity index (χ3n) is 3.94. The van der Waals surface area contributed by atoms with Gasteiger partial charge in [0.2, 0.25) is 0 Å². The summed E-state index contributed by atoms with van der Waals surface area (Å²) in [7, 11) is 0. The Balaban J connectivity index is 1.85. The lowest BCUT2D eigenvalue weighted by atomic mass is 9.81. The van der Waals surface area contributed by atoms with Gasteiger partial charge in [-0.05, 0) is 42.2 Å². The standard InChI is InChI=1S/C15H11BrN2/c16-12-4-3-10-7-15(8-11(10)6-12)9-18-14-13(15)2-1-5-17-14/h1-6,9H,7-8H2/t15-/m0/s1. The van der Waals surface area contributed by atoms with Gasteiger partial charge in [-0.15, -0.1) is 0 Å². The molecule has 1 aromatic carbocycles. The third-order valence-corrected chi connectivity index (χ3v) is 4.43. The van der Waals surface area contributed by atoms with Crippen molar-refractivity contribution in [2.75, 3.05) is 0 Å². The first-order valence-corrected chi connectivity index (χ1v) is 6.84. The average Bonchev–Trinajstić information content (AvgIpc) is 2.92. The molecule has 3 heteroatoms. The van der Waals surface area contributed by atoms with Gasteiger partial charge in [-0.25, -0.2) is 9.98 Å². The molecule has 2 nitrogen and oxygen atoms in total. The summed E-state index contributed by atoms with van der Waals surface area (Å²) in [5.41, 5.74) is 4.18. The van der Waals surface area contributed by atoms with E-state index in [0.717, 1.165) is 23.1 Å². The molecular weight excluding hydrogens is 288 g/mol. The summed E-state index contributed by atoms with van der Waals surface area (Å²) >= 11 is 3.55. The van der Waals surface area contributed by atoms with Crippen molar-refractivity contribution in [2.45, 2.75) is 18.3 Å². The van der Waals surface area contributed by atoms with Crippen LogP contribution in [0.5, 0.6) is 0 Å². The lowest BCUT2D eigenvalue weighted by molar-refractivity contribution is 0.639. The molecule has 1 aromatic heterocycles. The van der Waals surface area contributed by atoms with Gasteiger partial charge in [0, 0.05) is 27.9 Å². The van der Waals surface area contributed by atoms with Crippen molar-refractivity contribution in [3.05, 3.63) is 57.7 Å². The van der Waals surface area contributed by atoms with E-state index < -0.39 is 0 Å². The smallest absolute Gasteiger partial charge is 0.155 e. The number of hydrogen-bond acceptors (Lipinski definition) is 2. The van der Waals surface area contributed by atoms with E-state index >= 15 is 0 Å². The zero-order valence-electron chi connectivity index (χ0n) is 9.73. The molecule has 1 atom stereocenters. The SMILES string of the molecule is Brc1ccc2c(c1)C[C@]1(C=Nc3ncccc31)C2. The largest absolute Gasteiger partial charge is 0.240 e. The zero-order chi connectivity index (χ0) is 12.2. The summed E-state index contributed by atoms with van der Waals surface area (Å²) in [4.78, 5) is 8.84. The van der Waals surface area contributed by atoms with Gasteiger partial charge in [0.25, 0.3) is 0 Å². The van der Waals surface area contributed by atoms with Crippen molar-refractivity contribution in [3.8, 4) is 0 Å². The van der Waals surface area contributed by atoms with Crippen LogP contribution in [0.1, 0.15) is 16.7 Å². The highest BCUT2D eigenvalue weighted by molar-refractivity contribution is 9.10. The molecule has 0 fully saturated rings. The summed E-state index contributed by atoms with van der Waals surface area (Å²) in [6, 6.07) is 10.7. The molecule has 1 aliphatic heterocycles. The Morgan fingerprint density at radius 2 is 2.00 bits per heavy atom. The number of fused-ring (bicyclic) bond motifs is 3. The molecule has 1 spiro atoms. The second-order valence-corrected chi connectivity index (χ2v) is 5.97. The van der Waals surface area contributed by atoms with Crippen LogP contribution in [0.3, 0.4) is 0 Å². The number of halogens is 1. The minimum atomic E-state index is 0.0483. The van der Waals surface area contributed by atoms with Crippen LogP contribution in [-0.4, -0.2) is 11.2 Å². The van der Waals surface area contributed by atoms with Crippen LogP contribution in [0, 0.1) is 0 Å². The molecule has 1 aliphatic carbocycles. The molecule has 2 aromatic rings. The number of pyridine rings is 1. The lowest BCUT2D eigenvalue weighted by Crippen LogP contribution is -2.25. The molecule has 0 saturated heterocycles. The summed E-state index contributed by atoms with van der Waals surface area (Å²) in [6.07, 6.45) is 5.98. The predicted octanol–water partition coefficient (Wildman–Crippen LogP) is 3.60. The first kappa shape index (κ1) is 10.4. The van der Waals surface area contributed by atoms with Crippen molar-refractivity contribution < 1.29 is 0 Å².